The van der Waals surface area contributed by atoms with Crippen molar-refractivity contribution in [2.45, 2.75) is 78.2 Å². The summed E-state index contributed by atoms with van der Waals surface area (Å²) in [4.78, 5) is 34.9. The van der Waals surface area contributed by atoms with Crippen LogP contribution in [0.25, 0.3) is 0 Å². The molecule has 3 unspecified atom stereocenters. The van der Waals surface area contributed by atoms with Crippen LogP contribution in [0.4, 0.5) is 0 Å². The van der Waals surface area contributed by atoms with E-state index < -0.39 is 42.8 Å². The molecule has 0 amide bonds. The number of ether oxygens (including phenoxy) is 6. The first-order valence-electron chi connectivity index (χ1n) is 9.75. The first-order chi connectivity index (χ1) is 14.2. The molecule has 0 heterocycles. The van der Waals surface area contributed by atoms with Gasteiger partial charge in [-0.3, -0.25) is 14.2 Å². The van der Waals surface area contributed by atoms with E-state index in [1.807, 2.05) is 0 Å². The fraction of sp³-hybridized carbons (Fsp3) is 0.571. The molecule has 0 aromatic carbocycles. The van der Waals surface area contributed by atoms with Crippen LogP contribution in [-0.2, 0) is 42.8 Å². The molecule has 0 saturated carbocycles. The Bertz CT molecular complexity index is 520. The van der Waals surface area contributed by atoms with Gasteiger partial charge >= 0.3 is 17.9 Å². The van der Waals surface area contributed by atoms with E-state index >= 15 is 0 Å². The Morgan fingerprint density at radius 1 is 0.667 bits per heavy atom. The highest BCUT2D eigenvalue weighted by atomic mass is 16.9. The molecular weight excluding hydrogens is 396 g/mol. The van der Waals surface area contributed by atoms with Gasteiger partial charge in [0.1, 0.15) is 0 Å². The maximum absolute atomic E-state index is 11.6. The Balaban J connectivity index is 5.83. The first kappa shape index (κ1) is 27.5. The van der Waals surface area contributed by atoms with Crippen molar-refractivity contribution in [3.05, 3.63) is 38.0 Å². The Morgan fingerprint density at radius 2 is 0.933 bits per heavy atom. The summed E-state index contributed by atoms with van der Waals surface area (Å²) >= 11 is 0. The van der Waals surface area contributed by atoms with Gasteiger partial charge in [-0.1, -0.05) is 47.4 Å². The molecule has 0 radical (unpaired) electrons. The highest BCUT2D eigenvalue weighted by molar-refractivity contribution is 5.81. The van der Waals surface area contributed by atoms with E-state index in [2.05, 4.69) is 19.7 Å². The van der Waals surface area contributed by atoms with Crippen LogP contribution < -0.4 is 0 Å². The SMILES string of the molecule is C=CC(=O)OC(CC)OC(CC)(OC(CC)OC(=O)C=C)OC(CC)OC(=O)C=C. The Kier molecular flexibility index (Phi) is 13.3. The molecule has 0 rings (SSSR count). The van der Waals surface area contributed by atoms with Crippen molar-refractivity contribution in [2.75, 3.05) is 0 Å². The van der Waals surface area contributed by atoms with E-state index in [4.69, 9.17) is 28.4 Å². The molecule has 0 aliphatic heterocycles. The summed E-state index contributed by atoms with van der Waals surface area (Å²) in [6, 6.07) is 0. The van der Waals surface area contributed by atoms with Crippen LogP contribution in [0, 0.1) is 0 Å². The van der Waals surface area contributed by atoms with Crippen LogP contribution in [-0.4, -0.2) is 42.8 Å². The van der Waals surface area contributed by atoms with Gasteiger partial charge in [0, 0.05) is 43.9 Å². The Labute approximate surface area is 177 Å². The number of hydrogen-bond acceptors (Lipinski definition) is 9. The Morgan fingerprint density at radius 3 is 1.10 bits per heavy atom. The van der Waals surface area contributed by atoms with Gasteiger partial charge in [0.2, 0.25) is 18.9 Å². The van der Waals surface area contributed by atoms with E-state index in [0.717, 1.165) is 18.2 Å². The van der Waals surface area contributed by atoms with E-state index in [-0.39, 0.29) is 25.7 Å². The maximum atomic E-state index is 11.6. The minimum atomic E-state index is -1.87. The first-order valence-corrected chi connectivity index (χ1v) is 9.75. The zero-order valence-electron chi connectivity index (χ0n) is 18.1. The van der Waals surface area contributed by atoms with Crippen LogP contribution in [0.15, 0.2) is 38.0 Å². The van der Waals surface area contributed by atoms with Crippen LogP contribution in [0.5, 0.6) is 0 Å². The number of carbonyl (C=O) groups excluding carboxylic acids is 3. The normalized spacial score (nSPS) is 15.6. The van der Waals surface area contributed by atoms with Gasteiger partial charge in [-0.25, -0.2) is 14.4 Å². The predicted molar refractivity (Wildman–Crippen MR) is 107 cm³/mol. The molecule has 0 N–H and O–H groups in total. The summed E-state index contributed by atoms with van der Waals surface area (Å²) in [7, 11) is 0. The zero-order chi connectivity index (χ0) is 23.2. The lowest BCUT2D eigenvalue weighted by Crippen LogP contribution is -2.48. The van der Waals surface area contributed by atoms with Gasteiger partial charge in [0.25, 0.3) is 5.97 Å². The lowest BCUT2D eigenvalue weighted by Gasteiger charge is -2.38. The molecule has 0 saturated heterocycles. The lowest BCUT2D eigenvalue weighted by molar-refractivity contribution is -0.464. The average Bonchev–Trinajstić information content (AvgIpc) is 2.76. The van der Waals surface area contributed by atoms with Crippen LogP contribution in [0.2, 0.25) is 0 Å². The van der Waals surface area contributed by atoms with Gasteiger partial charge in [-0.15, -0.1) is 0 Å². The van der Waals surface area contributed by atoms with Crippen molar-refractivity contribution in [1.82, 2.24) is 0 Å². The van der Waals surface area contributed by atoms with Crippen LogP contribution in [0.1, 0.15) is 53.4 Å². The third-order valence-corrected chi connectivity index (χ3v) is 3.61. The third-order valence-electron chi connectivity index (χ3n) is 3.61. The fourth-order valence-corrected chi connectivity index (χ4v) is 2.04. The standard InChI is InChI=1S/C21H32O9/c1-8-15(22)25-18(11-4)28-21(14-7,29-19(12-5)26-16(23)9-2)30-20(13-6)27-17(24)10-3/h8-10,18-20H,1-3,11-14H2,4-7H3. The van der Waals surface area contributed by atoms with Crippen LogP contribution >= 0.6 is 0 Å². The number of rotatable bonds is 16. The third kappa shape index (κ3) is 9.82. The van der Waals surface area contributed by atoms with E-state index in [1.165, 1.54) is 0 Å². The molecule has 30 heavy (non-hydrogen) atoms. The minimum absolute atomic E-state index is 0.0689. The molecule has 0 fully saturated rings. The molecule has 9 nitrogen and oxygen atoms in total. The summed E-state index contributed by atoms with van der Waals surface area (Å²) in [5.41, 5.74) is 0. The minimum Gasteiger partial charge on any atom is -0.432 e. The van der Waals surface area contributed by atoms with Gasteiger partial charge in [-0.2, -0.15) is 0 Å². The van der Waals surface area contributed by atoms with E-state index in [1.54, 1.807) is 27.7 Å². The van der Waals surface area contributed by atoms with Gasteiger partial charge in [0.05, 0.1) is 0 Å². The summed E-state index contributed by atoms with van der Waals surface area (Å²) in [6.07, 6.45) is 0.567. The molecular formula is C21H32O9. The summed E-state index contributed by atoms with van der Waals surface area (Å²) in [5, 5.41) is 0. The van der Waals surface area contributed by atoms with Gasteiger partial charge in [0.15, 0.2) is 0 Å². The van der Waals surface area contributed by atoms with E-state index in [9.17, 15) is 14.4 Å². The largest absolute Gasteiger partial charge is 0.432 e. The van der Waals surface area contributed by atoms with E-state index in [0.29, 0.717) is 0 Å². The van der Waals surface area contributed by atoms with Crippen molar-refractivity contribution in [3.8, 4) is 0 Å². The topological polar surface area (TPSA) is 107 Å². The molecule has 170 valence electrons. The molecule has 0 spiro atoms. The Hall–Kier alpha value is -2.49. The number of hydrogen-bond donors (Lipinski definition) is 0. The van der Waals surface area contributed by atoms with Crippen molar-refractivity contribution in [3.63, 3.8) is 0 Å². The second-order valence-electron chi connectivity index (χ2n) is 5.83. The quantitative estimate of drug-likeness (QED) is 0.158. The summed E-state index contributed by atoms with van der Waals surface area (Å²) in [6.45, 7) is 16.9. The zero-order valence-corrected chi connectivity index (χ0v) is 18.1. The molecule has 0 aliphatic carbocycles. The molecule has 9 heteroatoms. The van der Waals surface area contributed by atoms with Crippen molar-refractivity contribution in [2.24, 2.45) is 0 Å². The molecule has 0 aromatic heterocycles. The average molecular weight is 428 g/mol. The monoisotopic (exact) mass is 428 g/mol. The van der Waals surface area contributed by atoms with Crippen molar-refractivity contribution in [1.29, 1.82) is 0 Å². The van der Waals surface area contributed by atoms with Crippen molar-refractivity contribution < 1.29 is 42.8 Å². The van der Waals surface area contributed by atoms with Crippen LogP contribution in [0.3, 0.4) is 0 Å². The maximum Gasteiger partial charge on any atom is 0.332 e. The summed E-state index contributed by atoms with van der Waals surface area (Å²) in [5.74, 6) is -3.99. The fourth-order valence-electron chi connectivity index (χ4n) is 2.04. The highest BCUT2D eigenvalue weighted by Crippen LogP contribution is 2.29. The highest BCUT2D eigenvalue weighted by Gasteiger charge is 2.41. The van der Waals surface area contributed by atoms with Gasteiger partial charge in [-0.05, 0) is 0 Å². The molecule has 0 bridgehead atoms. The number of carbonyl (C=O) groups is 3. The van der Waals surface area contributed by atoms with Gasteiger partial charge < -0.3 is 14.2 Å². The number of esters is 3. The molecule has 0 aliphatic rings. The second-order valence-corrected chi connectivity index (χ2v) is 5.83. The smallest absolute Gasteiger partial charge is 0.332 e. The second kappa shape index (κ2) is 14.5. The molecule has 3 atom stereocenters. The predicted octanol–water partition coefficient (Wildman–Crippen LogP) is 3.50. The molecule has 0 aromatic rings. The summed E-state index contributed by atoms with van der Waals surface area (Å²) < 4.78 is 33.0. The van der Waals surface area contributed by atoms with Crippen molar-refractivity contribution >= 4 is 17.9 Å². The lowest BCUT2D eigenvalue weighted by atomic mass is 10.3.